The van der Waals surface area contributed by atoms with Crippen molar-refractivity contribution in [2.24, 2.45) is 5.92 Å². The highest BCUT2D eigenvalue weighted by Gasteiger charge is 2.12. The summed E-state index contributed by atoms with van der Waals surface area (Å²) in [5.41, 5.74) is 1.14. The molecule has 21 heavy (non-hydrogen) atoms. The van der Waals surface area contributed by atoms with Gasteiger partial charge in [-0.15, -0.1) is 0 Å². The molecule has 4 N–H and O–H groups in total. The van der Waals surface area contributed by atoms with E-state index in [0.717, 1.165) is 6.54 Å². The van der Waals surface area contributed by atoms with Gasteiger partial charge in [0.15, 0.2) is 0 Å². The maximum atomic E-state index is 11.9. The number of aliphatic hydroxyl groups excluding tert-OH is 1. The van der Waals surface area contributed by atoms with E-state index < -0.39 is 0 Å². The Morgan fingerprint density at radius 3 is 2.48 bits per heavy atom. The fraction of sp³-hybridized carbons (Fsp3) is 0.467. The summed E-state index contributed by atoms with van der Waals surface area (Å²) in [5, 5.41) is 17.2. The molecule has 0 aliphatic carbocycles. The molecule has 6 nitrogen and oxygen atoms in total. The van der Waals surface area contributed by atoms with Crippen molar-refractivity contribution in [3.63, 3.8) is 0 Å². The first-order chi connectivity index (χ1) is 10.1. The van der Waals surface area contributed by atoms with Crippen LogP contribution in [0.1, 0.15) is 24.2 Å². The highest BCUT2D eigenvalue weighted by Crippen LogP contribution is 2.11. The van der Waals surface area contributed by atoms with Gasteiger partial charge in [-0.1, -0.05) is 13.8 Å². The number of carbonyl (C=O) groups is 2. The molecular formula is C15H23N3O3. The third kappa shape index (κ3) is 5.93. The summed E-state index contributed by atoms with van der Waals surface area (Å²) in [6, 6.07) is 6.64. The van der Waals surface area contributed by atoms with Gasteiger partial charge in [0.1, 0.15) is 0 Å². The molecule has 0 radical (unpaired) electrons. The van der Waals surface area contributed by atoms with Crippen LogP contribution in [0.15, 0.2) is 24.3 Å². The summed E-state index contributed by atoms with van der Waals surface area (Å²) >= 11 is 0. The van der Waals surface area contributed by atoms with E-state index >= 15 is 0 Å². The number of aliphatic hydroxyl groups is 1. The lowest BCUT2D eigenvalue weighted by molar-refractivity contribution is -0.119. The lowest BCUT2D eigenvalue weighted by Crippen LogP contribution is -2.30. The van der Waals surface area contributed by atoms with E-state index in [-0.39, 0.29) is 30.9 Å². The molecule has 1 unspecified atom stereocenters. The van der Waals surface area contributed by atoms with Crippen molar-refractivity contribution in [1.82, 2.24) is 10.6 Å². The van der Waals surface area contributed by atoms with Crippen molar-refractivity contribution in [2.75, 3.05) is 31.6 Å². The quantitative estimate of drug-likeness (QED) is 0.565. The largest absolute Gasteiger partial charge is 0.395 e. The Morgan fingerprint density at radius 2 is 1.90 bits per heavy atom. The van der Waals surface area contributed by atoms with Gasteiger partial charge in [-0.3, -0.25) is 9.59 Å². The summed E-state index contributed by atoms with van der Waals surface area (Å²) in [6.07, 6.45) is 0. The Kier molecular flexibility index (Phi) is 7.42. The number of nitrogens with one attached hydrogen (secondary N) is 3. The van der Waals surface area contributed by atoms with Crippen LogP contribution in [0.25, 0.3) is 0 Å². The standard InChI is InChI=1S/C15H23N3O3/c1-3-16-10-11(2)14(20)18-13-6-4-12(5-7-13)15(21)17-8-9-19/h4-7,11,16,19H,3,8-10H2,1-2H3,(H,17,21)(H,18,20). The summed E-state index contributed by atoms with van der Waals surface area (Å²) in [4.78, 5) is 23.6. The van der Waals surface area contributed by atoms with Gasteiger partial charge in [0.2, 0.25) is 5.91 Å². The number of hydrogen-bond acceptors (Lipinski definition) is 4. The lowest BCUT2D eigenvalue weighted by Gasteiger charge is -2.12. The van der Waals surface area contributed by atoms with Crippen molar-refractivity contribution in [1.29, 1.82) is 0 Å². The summed E-state index contributed by atoms with van der Waals surface area (Å²) in [6.45, 7) is 5.43. The first-order valence-corrected chi connectivity index (χ1v) is 7.09. The third-order valence-electron chi connectivity index (χ3n) is 2.96. The predicted octanol–water partition coefficient (Wildman–Crippen LogP) is 0.593. The van der Waals surface area contributed by atoms with E-state index in [2.05, 4.69) is 16.0 Å². The van der Waals surface area contributed by atoms with Crippen LogP contribution >= 0.6 is 0 Å². The van der Waals surface area contributed by atoms with Crippen molar-refractivity contribution >= 4 is 17.5 Å². The van der Waals surface area contributed by atoms with Crippen LogP contribution in [0, 0.1) is 5.92 Å². The molecular weight excluding hydrogens is 270 g/mol. The fourth-order valence-corrected chi connectivity index (χ4v) is 1.70. The van der Waals surface area contributed by atoms with Crippen LogP contribution in [0.2, 0.25) is 0 Å². The van der Waals surface area contributed by atoms with E-state index in [1.165, 1.54) is 0 Å². The molecule has 0 aliphatic rings. The maximum absolute atomic E-state index is 11.9. The average molecular weight is 293 g/mol. The number of rotatable bonds is 8. The molecule has 0 aliphatic heterocycles. The third-order valence-corrected chi connectivity index (χ3v) is 2.96. The zero-order valence-electron chi connectivity index (χ0n) is 12.5. The van der Waals surface area contributed by atoms with Crippen molar-refractivity contribution in [2.45, 2.75) is 13.8 Å². The Hall–Kier alpha value is -1.92. The van der Waals surface area contributed by atoms with Gasteiger partial charge in [-0.25, -0.2) is 0 Å². The SMILES string of the molecule is CCNCC(C)C(=O)Nc1ccc(C(=O)NCCO)cc1. The van der Waals surface area contributed by atoms with Crippen LogP contribution in [0.3, 0.4) is 0 Å². The molecule has 0 saturated heterocycles. The highest BCUT2D eigenvalue weighted by molar-refractivity contribution is 5.96. The molecule has 1 aromatic rings. The normalized spacial score (nSPS) is 11.8. The molecule has 0 saturated carbocycles. The maximum Gasteiger partial charge on any atom is 0.251 e. The van der Waals surface area contributed by atoms with E-state index in [0.29, 0.717) is 17.8 Å². The highest BCUT2D eigenvalue weighted by atomic mass is 16.3. The van der Waals surface area contributed by atoms with Gasteiger partial charge in [0, 0.05) is 30.3 Å². The van der Waals surface area contributed by atoms with Crippen LogP contribution in [-0.2, 0) is 4.79 Å². The minimum Gasteiger partial charge on any atom is -0.395 e. The van der Waals surface area contributed by atoms with Gasteiger partial charge >= 0.3 is 0 Å². The van der Waals surface area contributed by atoms with E-state index in [4.69, 9.17) is 5.11 Å². The first-order valence-electron chi connectivity index (χ1n) is 7.09. The Bertz CT molecular complexity index is 460. The Labute approximate surface area is 124 Å². The number of anilines is 1. The monoisotopic (exact) mass is 293 g/mol. The molecule has 0 fully saturated rings. The fourth-order valence-electron chi connectivity index (χ4n) is 1.70. The van der Waals surface area contributed by atoms with Gasteiger partial charge in [0.25, 0.3) is 5.91 Å². The second-order valence-electron chi connectivity index (χ2n) is 4.75. The number of amides is 2. The van der Waals surface area contributed by atoms with Gasteiger partial charge < -0.3 is 21.1 Å². The van der Waals surface area contributed by atoms with Crippen molar-refractivity contribution in [3.05, 3.63) is 29.8 Å². The summed E-state index contributed by atoms with van der Waals surface area (Å²) in [5.74, 6) is -0.437. The zero-order valence-corrected chi connectivity index (χ0v) is 12.5. The summed E-state index contributed by atoms with van der Waals surface area (Å²) in [7, 11) is 0. The van der Waals surface area contributed by atoms with Crippen LogP contribution in [-0.4, -0.2) is 43.2 Å². The zero-order chi connectivity index (χ0) is 15.7. The van der Waals surface area contributed by atoms with Crippen LogP contribution < -0.4 is 16.0 Å². The topological polar surface area (TPSA) is 90.5 Å². The number of hydrogen-bond donors (Lipinski definition) is 4. The number of carbonyl (C=O) groups excluding carboxylic acids is 2. The lowest BCUT2D eigenvalue weighted by atomic mass is 10.1. The molecule has 1 rings (SSSR count). The number of benzene rings is 1. The smallest absolute Gasteiger partial charge is 0.251 e. The van der Waals surface area contributed by atoms with E-state index in [1.54, 1.807) is 24.3 Å². The molecule has 0 aromatic heterocycles. The first kappa shape index (κ1) is 17.1. The van der Waals surface area contributed by atoms with Crippen LogP contribution in [0.4, 0.5) is 5.69 Å². The molecule has 1 aromatic carbocycles. The molecule has 1 atom stereocenters. The van der Waals surface area contributed by atoms with Gasteiger partial charge in [-0.2, -0.15) is 0 Å². The minimum atomic E-state index is -0.248. The van der Waals surface area contributed by atoms with E-state index in [1.807, 2.05) is 13.8 Å². The van der Waals surface area contributed by atoms with Crippen LogP contribution in [0.5, 0.6) is 0 Å². The molecule has 0 spiro atoms. The van der Waals surface area contributed by atoms with Crippen molar-refractivity contribution in [3.8, 4) is 0 Å². The molecule has 0 bridgehead atoms. The Balaban J connectivity index is 2.54. The predicted molar refractivity (Wildman–Crippen MR) is 82.2 cm³/mol. The molecule has 116 valence electrons. The average Bonchev–Trinajstić information content (AvgIpc) is 2.50. The Morgan fingerprint density at radius 1 is 1.24 bits per heavy atom. The van der Waals surface area contributed by atoms with Gasteiger partial charge in [0.05, 0.1) is 6.61 Å². The van der Waals surface area contributed by atoms with Gasteiger partial charge in [-0.05, 0) is 30.8 Å². The van der Waals surface area contributed by atoms with E-state index in [9.17, 15) is 9.59 Å². The molecule has 2 amide bonds. The molecule has 6 heteroatoms. The molecule has 0 heterocycles. The second-order valence-corrected chi connectivity index (χ2v) is 4.75. The summed E-state index contributed by atoms with van der Waals surface area (Å²) < 4.78 is 0. The minimum absolute atomic E-state index is 0.0616. The van der Waals surface area contributed by atoms with Crippen molar-refractivity contribution < 1.29 is 14.7 Å². The second kappa shape index (κ2) is 9.10.